The summed E-state index contributed by atoms with van der Waals surface area (Å²) in [5, 5.41) is 3.35. The van der Waals surface area contributed by atoms with Gasteiger partial charge in [-0.2, -0.15) is 0 Å². The van der Waals surface area contributed by atoms with Gasteiger partial charge < -0.3 is 14.8 Å². The SMILES string of the molecule is CCOc1ccc(OCC)c(NCc2ccccn2)c1. The predicted octanol–water partition coefficient (Wildman–Crippen LogP) is 3.49. The first kappa shape index (κ1) is 14.2. The van der Waals surface area contributed by atoms with Crippen LogP contribution in [-0.2, 0) is 6.54 Å². The van der Waals surface area contributed by atoms with Crippen molar-refractivity contribution in [1.29, 1.82) is 0 Å². The molecule has 106 valence electrons. The smallest absolute Gasteiger partial charge is 0.142 e. The average Bonchev–Trinajstić information content (AvgIpc) is 2.49. The quantitative estimate of drug-likeness (QED) is 0.838. The van der Waals surface area contributed by atoms with Crippen LogP contribution in [-0.4, -0.2) is 18.2 Å². The molecule has 1 aromatic carbocycles. The first-order valence-electron chi connectivity index (χ1n) is 6.87. The Balaban J connectivity index is 2.12. The number of hydrogen-bond donors (Lipinski definition) is 1. The third kappa shape index (κ3) is 3.88. The number of rotatable bonds is 7. The van der Waals surface area contributed by atoms with Crippen molar-refractivity contribution >= 4 is 5.69 Å². The van der Waals surface area contributed by atoms with Gasteiger partial charge in [-0.3, -0.25) is 4.98 Å². The van der Waals surface area contributed by atoms with Gasteiger partial charge >= 0.3 is 0 Å². The highest BCUT2D eigenvalue weighted by atomic mass is 16.5. The largest absolute Gasteiger partial charge is 0.494 e. The lowest BCUT2D eigenvalue weighted by molar-refractivity contribution is 0.332. The van der Waals surface area contributed by atoms with Crippen LogP contribution in [0.15, 0.2) is 42.6 Å². The zero-order valence-corrected chi connectivity index (χ0v) is 11.9. The molecule has 1 N–H and O–H groups in total. The molecule has 0 saturated carbocycles. The number of aromatic nitrogens is 1. The van der Waals surface area contributed by atoms with E-state index in [0.29, 0.717) is 19.8 Å². The maximum Gasteiger partial charge on any atom is 0.142 e. The second-order valence-corrected chi connectivity index (χ2v) is 4.20. The Morgan fingerprint density at radius 2 is 1.90 bits per heavy atom. The molecule has 0 aliphatic heterocycles. The molecule has 1 aromatic heterocycles. The van der Waals surface area contributed by atoms with Gasteiger partial charge in [-0.05, 0) is 38.1 Å². The summed E-state index contributed by atoms with van der Waals surface area (Å²) in [6.45, 7) is 5.87. The zero-order valence-electron chi connectivity index (χ0n) is 11.9. The Bertz CT molecular complexity index is 529. The summed E-state index contributed by atoms with van der Waals surface area (Å²) < 4.78 is 11.1. The fraction of sp³-hybridized carbons (Fsp3) is 0.312. The highest BCUT2D eigenvalue weighted by Gasteiger charge is 2.06. The Labute approximate surface area is 119 Å². The number of nitrogens with one attached hydrogen (secondary N) is 1. The zero-order chi connectivity index (χ0) is 14.2. The van der Waals surface area contributed by atoms with E-state index in [2.05, 4.69) is 10.3 Å². The van der Waals surface area contributed by atoms with Crippen LogP contribution >= 0.6 is 0 Å². The average molecular weight is 272 g/mol. The highest BCUT2D eigenvalue weighted by Crippen LogP contribution is 2.29. The van der Waals surface area contributed by atoms with Gasteiger partial charge in [-0.1, -0.05) is 6.07 Å². The van der Waals surface area contributed by atoms with E-state index >= 15 is 0 Å². The van der Waals surface area contributed by atoms with Crippen molar-refractivity contribution in [2.45, 2.75) is 20.4 Å². The molecule has 0 aliphatic rings. The summed E-state index contributed by atoms with van der Waals surface area (Å²) in [6, 6.07) is 11.7. The van der Waals surface area contributed by atoms with Crippen LogP contribution in [0.1, 0.15) is 19.5 Å². The summed E-state index contributed by atoms with van der Waals surface area (Å²) in [5.74, 6) is 1.66. The summed E-state index contributed by atoms with van der Waals surface area (Å²) in [4.78, 5) is 4.29. The molecule has 0 bridgehead atoms. The Morgan fingerprint density at radius 3 is 2.60 bits per heavy atom. The molecule has 0 aliphatic carbocycles. The van der Waals surface area contributed by atoms with Crippen molar-refractivity contribution < 1.29 is 9.47 Å². The van der Waals surface area contributed by atoms with Crippen molar-refractivity contribution in [3.05, 3.63) is 48.3 Å². The molecule has 0 amide bonds. The van der Waals surface area contributed by atoms with E-state index in [0.717, 1.165) is 22.9 Å². The molecule has 0 unspecified atom stereocenters. The second kappa shape index (κ2) is 7.38. The number of benzene rings is 1. The van der Waals surface area contributed by atoms with Crippen LogP contribution in [0.4, 0.5) is 5.69 Å². The number of nitrogens with zero attached hydrogens (tertiary/aromatic N) is 1. The minimum atomic E-state index is 0.631. The van der Waals surface area contributed by atoms with Gasteiger partial charge in [0.1, 0.15) is 11.5 Å². The number of hydrogen-bond acceptors (Lipinski definition) is 4. The minimum absolute atomic E-state index is 0.631. The van der Waals surface area contributed by atoms with Gasteiger partial charge in [0.15, 0.2) is 0 Å². The summed E-state index contributed by atoms with van der Waals surface area (Å²) in [6.07, 6.45) is 1.79. The first-order valence-corrected chi connectivity index (χ1v) is 6.87. The van der Waals surface area contributed by atoms with E-state index in [1.165, 1.54) is 0 Å². The molecule has 0 spiro atoms. The lowest BCUT2D eigenvalue weighted by Gasteiger charge is -2.14. The number of ether oxygens (including phenoxy) is 2. The normalized spacial score (nSPS) is 10.1. The van der Waals surface area contributed by atoms with Gasteiger partial charge in [-0.15, -0.1) is 0 Å². The number of anilines is 1. The van der Waals surface area contributed by atoms with Crippen molar-refractivity contribution in [1.82, 2.24) is 4.98 Å². The lowest BCUT2D eigenvalue weighted by Crippen LogP contribution is -2.04. The van der Waals surface area contributed by atoms with E-state index in [1.54, 1.807) is 6.20 Å². The standard InChI is InChI=1S/C16H20N2O2/c1-3-19-14-8-9-16(20-4-2)15(11-14)18-12-13-7-5-6-10-17-13/h5-11,18H,3-4,12H2,1-2H3. The van der Waals surface area contributed by atoms with Gasteiger partial charge in [0.25, 0.3) is 0 Å². The van der Waals surface area contributed by atoms with E-state index in [1.807, 2.05) is 50.2 Å². The van der Waals surface area contributed by atoms with Gasteiger partial charge in [0.05, 0.1) is 31.1 Å². The highest BCUT2D eigenvalue weighted by molar-refractivity contribution is 5.59. The monoisotopic (exact) mass is 272 g/mol. The fourth-order valence-corrected chi connectivity index (χ4v) is 1.87. The minimum Gasteiger partial charge on any atom is -0.494 e. The van der Waals surface area contributed by atoms with E-state index < -0.39 is 0 Å². The van der Waals surface area contributed by atoms with Gasteiger partial charge in [-0.25, -0.2) is 0 Å². The summed E-state index contributed by atoms with van der Waals surface area (Å²) >= 11 is 0. The van der Waals surface area contributed by atoms with Crippen LogP contribution in [0.25, 0.3) is 0 Å². The second-order valence-electron chi connectivity index (χ2n) is 4.20. The summed E-state index contributed by atoms with van der Waals surface area (Å²) in [5.41, 5.74) is 1.90. The van der Waals surface area contributed by atoms with Crippen molar-refractivity contribution in [3.8, 4) is 11.5 Å². The van der Waals surface area contributed by atoms with E-state index in [4.69, 9.17) is 9.47 Å². The molecule has 0 radical (unpaired) electrons. The van der Waals surface area contributed by atoms with Crippen LogP contribution in [0.2, 0.25) is 0 Å². The molecule has 0 saturated heterocycles. The molecule has 4 heteroatoms. The molecule has 20 heavy (non-hydrogen) atoms. The predicted molar refractivity (Wildman–Crippen MR) is 80.3 cm³/mol. The molecular weight excluding hydrogens is 252 g/mol. The van der Waals surface area contributed by atoms with Crippen LogP contribution < -0.4 is 14.8 Å². The molecule has 1 heterocycles. The van der Waals surface area contributed by atoms with Crippen molar-refractivity contribution in [2.75, 3.05) is 18.5 Å². The lowest BCUT2D eigenvalue weighted by atomic mass is 10.2. The maximum atomic E-state index is 5.62. The summed E-state index contributed by atoms with van der Waals surface area (Å²) in [7, 11) is 0. The van der Waals surface area contributed by atoms with E-state index in [9.17, 15) is 0 Å². The molecule has 2 rings (SSSR count). The van der Waals surface area contributed by atoms with Crippen molar-refractivity contribution in [3.63, 3.8) is 0 Å². The van der Waals surface area contributed by atoms with Crippen LogP contribution in [0.5, 0.6) is 11.5 Å². The first-order chi connectivity index (χ1) is 9.83. The van der Waals surface area contributed by atoms with Crippen LogP contribution in [0.3, 0.4) is 0 Å². The Kier molecular flexibility index (Phi) is 5.24. The van der Waals surface area contributed by atoms with Crippen molar-refractivity contribution in [2.24, 2.45) is 0 Å². The van der Waals surface area contributed by atoms with Crippen LogP contribution in [0, 0.1) is 0 Å². The Morgan fingerprint density at radius 1 is 1.05 bits per heavy atom. The maximum absolute atomic E-state index is 5.62. The molecule has 4 nitrogen and oxygen atoms in total. The molecule has 2 aromatic rings. The topological polar surface area (TPSA) is 43.4 Å². The Hall–Kier alpha value is -2.23. The van der Waals surface area contributed by atoms with E-state index in [-0.39, 0.29) is 0 Å². The molecule has 0 fully saturated rings. The molecular formula is C16H20N2O2. The van der Waals surface area contributed by atoms with Gasteiger partial charge in [0.2, 0.25) is 0 Å². The third-order valence-electron chi connectivity index (χ3n) is 2.75. The third-order valence-corrected chi connectivity index (χ3v) is 2.75. The fourth-order valence-electron chi connectivity index (χ4n) is 1.87. The molecule has 0 atom stereocenters. The number of pyridine rings is 1. The van der Waals surface area contributed by atoms with Gasteiger partial charge in [0, 0.05) is 12.3 Å².